The van der Waals surface area contributed by atoms with Crippen molar-refractivity contribution < 1.29 is 14.3 Å². The summed E-state index contributed by atoms with van der Waals surface area (Å²) in [6.07, 6.45) is 0. The fraction of sp³-hybridized carbons (Fsp3) is 0.200. The van der Waals surface area contributed by atoms with Crippen LogP contribution in [0.4, 0.5) is 0 Å². The summed E-state index contributed by atoms with van der Waals surface area (Å²) < 4.78 is 7.24. The van der Waals surface area contributed by atoms with E-state index < -0.39 is 5.97 Å². The summed E-state index contributed by atoms with van der Waals surface area (Å²) in [5, 5.41) is 1.80. The lowest BCUT2D eigenvalue weighted by Crippen LogP contribution is -2.14. The van der Waals surface area contributed by atoms with Crippen molar-refractivity contribution in [1.82, 2.24) is 4.57 Å². The number of carbonyl (C=O) groups is 2. The summed E-state index contributed by atoms with van der Waals surface area (Å²) in [5.74, 6) is -0.640. The average Bonchev–Trinajstić information content (AvgIpc) is 3.25. The molecule has 0 saturated carbocycles. The molecule has 0 aliphatic heterocycles. The number of benzene rings is 1. The molecule has 0 spiro atoms. The predicted octanol–water partition coefficient (Wildman–Crippen LogP) is 4.25. The summed E-state index contributed by atoms with van der Waals surface area (Å²) in [5.41, 5.74) is 3.67. The fourth-order valence-corrected chi connectivity index (χ4v) is 3.38. The lowest BCUT2D eigenvalue weighted by molar-refractivity contribution is 0.0479. The number of hydrogen-bond acceptors (Lipinski definition) is 4. The van der Waals surface area contributed by atoms with Crippen LogP contribution in [0.2, 0.25) is 0 Å². The van der Waals surface area contributed by atoms with Gasteiger partial charge in [0.25, 0.3) is 0 Å². The van der Waals surface area contributed by atoms with Gasteiger partial charge >= 0.3 is 5.97 Å². The lowest BCUT2D eigenvalue weighted by atomic mass is 10.1. The molecule has 128 valence electrons. The van der Waals surface area contributed by atoms with Gasteiger partial charge in [0.2, 0.25) is 5.78 Å². The van der Waals surface area contributed by atoms with Gasteiger partial charge in [-0.2, -0.15) is 0 Å². The van der Waals surface area contributed by atoms with Crippen LogP contribution in [0.25, 0.3) is 0 Å². The van der Waals surface area contributed by atoms with Crippen LogP contribution in [0.1, 0.15) is 37.0 Å². The minimum atomic E-state index is -0.457. The van der Waals surface area contributed by atoms with Crippen LogP contribution in [0.5, 0.6) is 0 Å². The Morgan fingerprint density at radius 1 is 1.08 bits per heavy atom. The molecular formula is C20H19NO3S. The van der Waals surface area contributed by atoms with E-state index in [1.165, 1.54) is 16.9 Å². The molecule has 0 unspecified atom stereocenters. The van der Waals surface area contributed by atoms with E-state index in [1.54, 1.807) is 17.5 Å². The highest BCUT2D eigenvalue weighted by Gasteiger charge is 2.18. The van der Waals surface area contributed by atoms with E-state index in [4.69, 9.17) is 4.74 Å². The number of ether oxygens (including phenoxy) is 1. The molecule has 0 atom stereocenters. The molecule has 0 fully saturated rings. The van der Waals surface area contributed by atoms with Gasteiger partial charge in [0, 0.05) is 23.5 Å². The monoisotopic (exact) mass is 353 g/mol. The van der Waals surface area contributed by atoms with E-state index in [9.17, 15) is 9.59 Å². The van der Waals surface area contributed by atoms with Gasteiger partial charge in [-0.15, -0.1) is 11.3 Å². The predicted molar refractivity (Wildman–Crippen MR) is 98.4 cm³/mol. The van der Waals surface area contributed by atoms with Crippen LogP contribution in [0, 0.1) is 13.8 Å². The first-order valence-electron chi connectivity index (χ1n) is 8.00. The van der Waals surface area contributed by atoms with E-state index in [1.807, 2.05) is 38.1 Å². The molecule has 5 heteroatoms. The molecule has 4 nitrogen and oxygen atoms in total. The first-order chi connectivity index (χ1) is 12.1. The smallest absolute Gasteiger partial charge is 0.348 e. The number of hydrogen-bond donors (Lipinski definition) is 0. The SMILES string of the molecule is Cc1cc(C(=O)COC(=O)c2cccs2)c(C)n1Cc1ccccc1. The van der Waals surface area contributed by atoms with Gasteiger partial charge in [0.15, 0.2) is 6.61 Å². The van der Waals surface area contributed by atoms with Crippen molar-refractivity contribution in [1.29, 1.82) is 0 Å². The van der Waals surface area contributed by atoms with Gasteiger partial charge in [0.05, 0.1) is 0 Å². The molecule has 0 saturated heterocycles. The second kappa shape index (κ2) is 7.49. The minimum absolute atomic E-state index is 0.183. The number of carbonyl (C=O) groups excluding carboxylic acids is 2. The second-order valence-electron chi connectivity index (χ2n) is 5.83. The zero-order chi connectivity index (χ0) is 17.8. The minimum Gasteiger partial charge on any atom is -0.453 e. The van der Waals surface area contributed by atoms with Crippen LogP contribution in [-0.4, -0.2) is 22.9 Å². The molecule has 0 amide bonds. The Morgan fingerprint density at radius 3 is 2.52 bits per heavy atom. The van der Waals surface area contributed by atoms with E-state index in [0.717, 1.165) is 11.4 Å². The Labute approximate surface area is 150 Å². The number of aryl methyl sites for hydroxylation is 1. The standard InChI is InChI=1S/C20H19NO3S/c1-14-11-17(15(2)21(14)12-16-7-4-3-5-8-16)18(22)13-24-20(23)19-9-6-10-25-19/h3-11H,12-13H2,1-2H3. The molecule has 25 heavy (non-hydrogen) atoms. The lowest BCUT2D eigenvalue weighted by Gasteiger charge is -2.10. The Morgan fingerprint density at radius 2 is 1.84 bits per heavy atom. The summed E-state index contributed by atoms with van der Waals surface area (Å²) in [6, 6.07) is 15.4. The summed E-state index contributed by atoms with van der Waals surface area (Å²) >= 11 is 1.30. The molecule has 2 heterocycles. The molecule has 0 bridgehead atoms. The molecule has 0 aliphatic rings. The van der Waals surface area contributed by atoms with Crippen LogP contribution < -0.4 is 0 Å². The number of aromatic nitrogens is 1. The number of ketones is 1. The van der Waals surface area contributed by atoms with E-state index in [0.29, 0.717) is 17.0 Å². The quantitative estimate of drug-likeness (QED) is 0.491. The van der Waals surface area contributed by atoms with Gasteiger partial charge < -0.3 is 9.30 Å². The maximum Gasteiger partial charge on any atom is 0.348 e. The van der Waals surface area contributed by atoms with Gasteiger partial charge in [-0.1, -0.05) is 36.4 Å². The molecule has 1 aromatic carbocycles. The Kier molecular flexibility index (Phi) is 5.14. The third-order valence-electron chi connectivity index (χ3n) is 4.11. The number of rotatable bonds is 6. The van der Waals surface area contributed by atoms with Crippen LogP contribution >= 0.6 is 11.3 Å². The van der Waals surface area contributed by atoms with Gasteiger partial charge in [-0.25, -0.2) is 4.79 Å². The van der Waals surface area contributed by atoms with Crippen LogP contribution in [-0.2, 0) is 11.3 Å². The first kappa shape index (κ1) is 17.2. The van der Waals surface area contributed by atoms with Crippen molar-refractivity contribution in [3.05, 3.63) is 81.3 Å². The zero-order valence-electron chi connectivity index (χ0n) is 14.2. The maximum atomic E-state index is 12.5. The third kappa shape index (κ3) is 3.88. The fourth-order valence-electron chi connectivity index (χ4n) is 2.77. The third-order valence-corrected chi connectivity index (χ3v) is 4.96. The Bertz CT molecular complexity index is 879. The van der Waals surface area contributed by atoms with Crippen molar-refractivity contribution >= 4 is 23.1 Å². The van der Waals surface area contributed by atoms with Crippen molar-refractivity contribution in [2.24, 2.45) is 0 Å². The van der Waals surface area contributed by atoms with Gasteiger partial charge in [0.1, 0.15) is 4.88 Å². The van der Waals surface area contributed by atoms with Crippen molar-refractivity contribution in [2.45, 2.75) is 20.4 Å². The van der Waals surface area contributed by atoms with E-state index in [2.05, 4.69) is 16.7 Å². The summed E-state index contributed by atoms with van der Waals surface area (Å²) in [4.78, 5) is 24.8. The van der Waals surface area contributed by atoms with Gasteiger partial charge in [-0.3, -0.25) is 4.79 Å². The highest BCUT2D eigenvalue weighted by atomic mass is 32.1. The number of thiophene rings is 1. The molecule has 0 aliphatic carbocycles. The van der Waals surface area contributed by atoms with Crippen LogP contribution in [0.15, 0.2) is 53.9 Å². The highest BCUT2D eigenvalue weighted by molar-refractivity contribution is 7.11. The second-order valence-corrected chi connectivity index (χ2v) is 6.78. The topological polar surface area (TPSA) is 48.3 Å². The first-order valence-corrected chi connectivity index (χ1v) is 8.88. The Hall–Kier alpha value is -2.66. The zero-order valence-corrected chi connectivity index (χ0v) is 15.0. The Balaban J connectivity index is 1.71. The maximum absolute atomic E-state index is 12.5. The van der Waals surface area contributed by atoms with Crippen molar-refractivity contribution in [2.75, 3.05) is 6.61 Å². The molecular weight excluding hydrogens is 334 g/mol. The van der Waals surface area contributed by atoms with E-state index in [-0.39, 0.29) is 12.4 Å². The molecule has 0 radical (unpaired) electrons. The van der Waals surface area contributed by atoms with Gasteiger partial charge in [-0.05, 0) is 36.9 Å². The average molecular weight is 353 g/mol. The summed E-state index contributed by atoms with van der Waals surface area (Å²) in [6.45, 7) is 4.36. The summed E-state index contributed by atoms with van der Waals surface area (Å²) in [7, 11) is 0. The molecule has 0 N–H and O–H groups in total. The normalized spacial score (nSPS) is 10.6. The highest BCUT2D eigenvalue weighted by Crippen LogP contribution is 2.18. The van der Waals surface area contributed by atoms with Crippen LogP contribution in [0.3, 0.4) is 0 Å². The van der Waals surface area contributed by atoms with Crippen molar-refractivity contribution in [3.8, 4) is 0 Å². The van der Waals surface area contributed by atoms with E-state index >= 15 is 0 Å². The molecule has 2 aromatic heterocycles. The number of nitrogens with zero attached hydrogens (tertiary/aromatic N) is 1. The van der Waals surface area contributed by atoms with Crippen molar-refractivity contribution in [3.63, 3.8) is 0 Å². The molecule has 3 aromatic rings. The largest absolute Gasteiger partial charge is 0.453 e. The number of Topliss-reactive ketones (excluding diaryl/α,β-unsaturated/α-hetero) is 1. The molecule has 3 rings (SSSR count). The number of esters is 1.